The summed E-state index contributed by atoms with van der Waals surface area (Å²) in [4.78, 5) is 18.7. The van der Waals surface area contributed by atoms with Crippen molar-refractivity contribution >= 4 is 7.60 Å². The van der Waals surface area contributed by atoms with Crippen LogP contribution in [-0.4, -0.2) is 9.79 Å². The number of hydrogen-bond acceptors (Lipinski definition) is 2. The van der Waals surface area contributed by atoms with E-state index in [0.29, 0.717) is 11.1 Å². The summed E-state index contributed by atoms with van der Waals surface area (Å²) in [5.41, 5.74) is 5.00. The predicted octanol–water partition coefficient (Wildman–Crippen LogP) is -2.54. The SMILES string of the molecule is N#Cc1ccc(-[n+]2ccc(-c3cc[n+](-c4ccccc4CP(=O)(O)O)cc3)cc2)cc1.[Cl-].[Cl-]. The van der Waals surface area contributed by atoms with E-state index in [-0.39, 0.29) is 31.0 Å². The van der Waals surface area contributed by atoms with Crippen molar-refractivity contribution in [3.05, 3.63) is 109 Å². The first-order chi connectivity index (χ1) is 14.9. The number of pyridine rings is 2. The van der Waals surface area contributed by atoms with Crippen LogP contribution in [0, 0.1) is 11.3 Å². The highest BCUT2D eigenvalue weighted by Gasteiger charge is 2.20. The third-order valence-corrected chi connectivity index (χ3v) is 5.69. The van der Waals surface area contributed by atoms with E-state index in [1.807, 2.05) is 82.5 Å². The van der Waals surface area contributed by atoms with Crippen molar-refractivity contribution < 1.29 is 48.3 Å². The number of nitrogens with zero attached hydrogens (tertiary/aromatic N) is 3. The maximum atomic E-state index is 11.5. The Bertz CT molecular complexity index is 1300. The molecule has 9 heteroatoms. The first kappa shape index (κ1) is 26.2. The number of benzene rings is 2. The second-order valence-corrected chi connectivity index (χ2v) is 8.74. The largest absolute Gasteiger partial charge is 1.00 e. The molecule has 0 atom stereocenters. The minimum Gasteiger partial charge on any atom is -1.00 e. The molecule has 4 rings (SSSR count). The highest BCUT2D eigenvalue weighted by molar-refractivity contribution is 7.50. The molecule has 0 bridgehead atoms. The van der Waals surface area contributed by atoms with Crippen LogP contribution in [0.5, 0.6) is 0 Å². The summed E-state index contributed by atoms with van der Waals surface area (Å²) in [5, 5.41) is 8.93. The van der Waals surface area contributed by atoms with E-state index in [1.54, 1.807) is 24.3 Å². The maximum Gasteiger partial charge on any atom is 0.330 e. The minimum atomic E-state index is -4.16. The molecule has 0 spiro atoms. The number of nitriles is 1. The molecule has 0 aliphatic carbocycles. The zero-order chi connectivity index (χ0) is 21.8. The fourth-order valence-corrected chi connectivity index (χ4v) is 4.11. The van der Waals surface area contributed by atoms with Crippen molar-refractivity contribution in [3.8, 4) is 28.6 Å². The molecule has 2 aromatic carbocycles. The van der Waals surface area contributed by atoms with Crippen molar-refractivity contribution in [2.45, 2.75) is 6.16 Å². The second-order valence-electron chi connectivity index (χ2n) is 7.10. The van der Waals surface area contributed by atoms with E-state index in [0.717, 1.165) is 22.5 Å². The minimum absolute atomic E-state index is 0. The van der Waals surface area contributed by atoms with Gasteiger partial charge in [-0.05, 0) is 23.3 Å². The molecule has 0 fully saturated rings. The molecule has 2 heterocycles. The molecule has 2 N–H and O–H groups in total. The molecule has 2 aromatic heterocycles. The molecule has 168 valence electrons. The Morgan fingerprint density at radius 1 is 0.758 bits per heavy atom. The van der Waals surface area contributed by atoms with Crippen LogP contribution >= 0.6 is 7.60 Å². The summed E-state index contributed by atoms with van der Waals surface area (Å²) in [5.74, 6) is 0. The maximum absolute atomic E-state index is 11.5. The zero-order valence-electron chi connectivity index (χ0n) is 17.3. The second kappa shape index (κ2) is 11.2. The molecule has 0 amide bonds. The molecule has 33 heavy (non-hydrogen) atoms. The van der Waals surface area contributed by atoms with E-state index in [1.165, 1.54) is 0 Å². The quantitative estimate of drug-likeness (QED) is 0.234. The molecule has 0 aliphatic heterocycles. The van der Waals surface area contributed by atoms with E-state index in [9.17, 15) is 14.4 Å². The van der Waals surface area contributed by atoms with Crippen molar-refractivity contribution in [2.24, 2.45) is 0 Å². The van der Waals surface area contributed by atoms with Gasteiger partial charge in [0.1, 0.15) is 0 Å². The topological polar surface area (TPSA) is 89.1 Å². The molecule has 0 radical (unpaired) electrons. The summed E-state index contributed by atoms with van der Waals surface area (Å²) in [6.45, 7) is 0. The molecular formula is C24H20Cl2N3O3P. The molecular weight excluding hydrogens is 480 g/mol. The third-order valence-electron chi connectivity index (χ3n) is 4.93. The Kier molecular flexibility index (Phi) is 8.90. The van der Waals surface area contributed by atoms with Gasteiger partial charge in [-0.2, -0.15) is 14.4 Å². The van der Waals surface area contributed by atoms with Gasteiger partial charge in [0.25, 0.3) is 0 Å². The van der Waals surface area contributed by atoms with Gasteiger partial charge in [-0.1, -0.05) is 18.2 Å². The number of para-hydroxylation sites is 1. The average Bonchev–Trinajstić information content (AvgIpc) is 2.79. The standard InChI is InChI=1S/C24H18N3O3P.2ClH/c25-17-19-5-7-23(8-6-19)26-13-9-20(10-14-26)21-11-15-27(16-12-21)24-4-2-1-3-22(24)18-31(28,29)30;;/h1-16H,18H2;2*1H. The Hall–Kier alpha value is -3.04. The van der Waals surface area contributed by atoms with E-state index in [2.05, 4.69) is 6.07 Å². The Morgan fingerprint density at radius 2 is 1.27 bits per heavy atom. The lowest BCUT2D eigenvalue weighted by Gasteiger charge is -2.07. The van der Waals surface area contributed by atoms with Gasteiger partial charge in [0.05, 0.1) is 17.8 Å². The molecule has 6 nitrogen and oxygen atoms in total. The fraction of sp³-hybridized carbons (Fsp3) is 0.0417. The van der Waals surface area contributed by atoms with Gasteiger partial charge in [-0.3, -0.25) is 4.57 Å². The van der Waals surface area contributed by atoms with Crippen LogP contribution < -0.4 is 33.9 Å². The van der Waals surface area contributed by atoms with Gasteiger partial charge in [0.2, 0.25) is 11.4 Å². The Morgan fingerprint density at radius 3 is 1.79 bits per heavy atom. The van der Waals surface area contributed by atoms with E-state index >= 15 is 0 Å². The highest BCUT2D eigenvalue weighted by atomic mass is 35.5. The summed E-state index contributed by atoms with van der Waals surface area (Å²) in [6.07, 6.45) is 7.40. The van der Waals surface area contributed by atoms with Gasteiger partial charge >= 0.3 is 7.60 Å². The molecule has 0 saturated heterocycles. The van der Waals surface area contributed by atoms with Gasteiger partial charge in [0.15, 0.2) is 24.8 Å². The van der Waals surface area contributed by atoms with Crippen LogP contribution in [0.3, 0.4) is 0 Å². The van der Waals surface area contributed by atoms with Gasteiger partial charge in [-0.25, -0.2) is 0 Å². The van der Waals surface area contributed by atoms with Gasteiger partial charge < -0.3 is 34.6 Å². The lowest BCUT2D eigenvalue weighted by molar-refractivity contribution is -0.596. The Balaban J connectivity index is 0.00000193. The van der Waals surface area contributed by atoms with Gasteiger partial charge in [-0.15, -0.1) is 0 Å². The van der Waals surface area contributed by atoms with Crippen molar-refractivity contribution in [2.75, 3.05) is 0 Å². The summed E-state index contributed by atoms with van der Waals surface area (Å²) in [7, 11) is -4.16. The molecule has 0 aliphatic rings. The Labute approximate surface area is 204 Å². The zero-order valence-corrected chi connectivity index (χ0v) is 19.7. The van der Waals surface area contributed by atoms with Crippen LogP contribution in [0.4, 0.5) is 0 Å². The van der Waals surface area contributed by atoms with Crippen molar-refractivity contribution in [1.29, 1.82) is 5.26 Å². The lowest BCUT2D eigenvalue weighted by Crippen LogP contribution is -3.00. The third kappa shape index (κ3) is 6.49. The van der Waals surface area contributed by atoms with Crippen LogP contribution in [0.25, 0.3) is 22.5 Å². The van der Waals surface area contributed by atoms with Crippen LogP contribution in [0.1, 0.15) is 11.1 Å². The highest BCUT2D eigenvalue weighted by Crippen LogP contribution is 2.39. The lowest BCUT2D eigenvalue weighted by atomic mass is 10.1. The fourth-order valence-electron chi connectivity index (χ4n) is 3.40. The normalized spacial score (nSPS) is 10.5. The number of aromatic nitrogens is 2. The smallest absolute Gasteiger partial charge is 0.330 e. The van der Waals surface area contributed by atoms with E-state index < -0.39 is 7.60 Å². The number of halogens is 2. The summed E-state index contributed by atoms with van der Waals surface area (Å²) < 4.78 is 15.3. The van der Waals surface area contributed by atoms with E-state index in [4.69, 9.17) is 5.26 Å². The summed E-state index contributed by atoms with van der Waals surface area (Å²) in [6, 6.07) is 24.7. The predicted molar refractivity (Wildman–Crippen MR) is 115 cm³/mol. The molecule has 0 saturated carbocycles. The average molecular weight is 500 g/mol. The first-order valence-corrected chi connectivity index (χ1v) is 11.4. The first-order valence-electron chi connectivity index (χ1n) is 9.59. The van der Waals surface area contributed by atoms with Crippen molar-refractivity contribution in [3.63, 3.8) is 0 Å². The van der Waals surface area contributed by atoms with Crippen LogP contribution in [0.15, 0.2) is 97.6 Å². The number of hydrogen-bond donors (Lipinski definition) is 2. The van der Waals surface area contributed by atoms with Crippen LogP contribution in [-0.2, 0) is 10.7 Å². The molecule has 4 aromatic rings. The summed E-state index contributed by atoms with van der Waals surface area (Å²) >= 11 is 0. The van der Waals surface area contributed by atoms with Gasteiger partial charge in [0, 0.05) is 48.0 Å². The monoisotopic (exact) mass is 499 g/mol. The van der Waals surface area contributed by atoms with Crippen molar-refractivity contribution in [1.82, 2.24) is 0 Å². The molecule has 0 unspecified atom stereocenters. The van der Waals surface area contributed by atoms with Crippen LogP contribution in [0.2, 0.25) is 0 Å². The number of rotatable bonds is 5.